The summed E-state index contributed by atoms with van der Waals surface area (Å²) < 4.78 is 16.5. The van der Waals surface area contributed by atoms with Gasteiger partial charge in [0.2, 0.25) is 0 Å². The first kappa shape index (κ1) is 15.0. The molecule has 6 heteroatoms. The molecule has 2 amide bonds. The highest BCUT2D eigenvalue weighted by Gasteiger charge is 2.22. The minimum Gasteiger partial charge on any atom is -0.377 e. The Morgan fingerprint density at radius 1 is 1.50 bits per heavy atom. The quantitative estimate of drug-likeness (QED) is 0.893. The lowest BCUT2D eigenvalue weighted by Gasteiger charge is -2.14. The predicted molar refractivity (Wildman–Crippen MR) is 80.3 cm³/mol. The minimum atomic E-state index is -0.786. The second-order valence-electron chi connectivity index (χ2n) is 4.90. The van der Waals surface area contributed by atoms with Crippen LogP contribution in [0.4, 0.5) is 10.5 Å². The molecule has 1 saturated heterocycles. The maximum absolute atomic E-state index is 11.9. The topological polar surface area (TPSA) is 67.4 Å². The van der Waals surface area contributed by atoms with Gasteiger partial charge in [0.1, 0.15) is 0 Å². The van der Waals surface area contributed by atoms with E-state index in [1.54, 1.807) is 7.11 Å². The molecule has 2 N–H and O–H groups in total. The molecule has 1 aromatic rings. The van der Waals surface area contributed by atoms with E-state index in [4.69, 9.17) is 4.74 Å². The maximum atomic E-state index is 11.9. The first-order chi connectivity index (χ1) is 9.58. The molecule has 0 saturated carbocycles. The Kier molecular flexibility index (Phi) is 5.14. The molecule has 5 nitrogen and oxygen atoms in total. The maximum Gasteiger partial charge on any atom is 0.319 e. The summed E-state index contributed by atoms with van der Waals surface area (Å²) in [6.45, 7) is 1.95. The van der Waals surface area contributed by atoms with Crippen molar-refractivity contribution >= 4 is 22.5 Å². The molecule has 1 heterocycles. The van der Waals surface area contributed by atoms with Crippen LogP contribution in [0.25, 0.3) is 0 Å². The molecule has 1 aliphatic heterocycles. The van der Waals surface area contributed by atoms with E-state index >= 15 is 0 Å². The van der Waals surface area contributed by atoms with Crippen molar-refractivity contribution in [2.45, 2.75) is 25.5 Å². The zero-order valence-electron chi connectivity index (χ0n) is 11.7. The van der Waals surface area contributed by atoms with Crippen molar-refractivity contribution in [3.05, 3.63) is 29.8 Å². The highest BCUT2D eigenvalue weighted by atomic mass is 32.2. The molecule has 0 aliphatic carbocycles. The standard InChI is InChI=1S/C14H20N2O3S/c1-10(19-2)11-4-3-5-12(8-11)15-14(17)16-13-6-7-20(18)9-13/h3-5,8,10,13H,6-7,9H2,1-2H3,(H2,15,16,17). The van der Waals surface area contributed by atoms with Gasteiger partial charge in [0, 0.05) is 41.1 Å². The molecule has 3 atom stereocenters. The number of methoxy groups -OCH3 is 1. The smallest absolute Gasteiger partial charge is 0.319 e. The second kappa shape index (κ2) is 6.85. The van der Waals surface area contributed by atoms with Crippen LogP contribution in [0.3, 0.4) is 0 Å². The monoisotopic (exact) mass is 296 g/mol. The Labute approximate surface area is 121 Å². The van der Waals surface area contributed by atoms with Crippen molar-refractivity contribution in [2.75, 3.05) is 23.9 Å². The highest BCUT2D eigenvalue weighted by Crippen LogP contribution is 2.19. The van der Waals surface area contributed by atoms with Crippen LogP contribution in [0.5, 0.6) is 0 Å². The van der Waals surface area contributed by atoms with Gasteiger partial charge in [0.05, 0.1) is 6.10 Å². The number of carbonyl (C=O) groups is 1. The summed E-state index contributed by atoms with van der Waals surface area (Å²) in [4.78, 5) is 11.9. The third-order valence-electron chi connectivity index (χ3n) is 3.38. The minimum absolute atomic E-state index is 0.0110. The van der Waals surface area contributed by atoms with Gasteiger partial charge in [-0.05, 0) is 31.0 Å². The van der Waals surface area contributed by atoms with Gasteiger partial charge in [-0.2, -0.15) is 0 Å². The number of hydrogen-bond donors (Lipinski definition) is 2. The lowest BCUT2D eigenvalue weighted by atomic mass is 10.1. The molecule has 20 heavy (non-hydrogen) atoms. The van der Waals surface area contributed by atoms with Crippen LogP contribution in [0.15, 0.2) is 24.3 Å². The van der Waals surface area contributed by atoms with Crippen LogP contribution in [0, 0.1) is 0 Å². The summed E-state index contributed by atoms with van der Waals surface area (Å²) in [6.07, 6.45) is 0.762. The van der Waals surface area contributed by atoms with Crippen molar-refractivity contribution in [3.8, 4) is 0 Å². The fourth-order valence-electron chi connectivity index (χ4n) is 2.14. The van der Waals surface area contributed by atoms with E-state index in [0.29, 0.717) is 11.5 Å². The van der Waals surface area contributed by atoms with Crippen LogP contribution in [-0.2, 0) is 15.5 Å². The van der Waals surface area contributed by atoms with Gasteiger partial charge in [-0.15, -0.1) is 0 Å². The molecule has 1 aromatic carbocycles. The lowest BCUT2D eigenvalue weighted by Crippen LogP contribution is -2.38. The molecule has 3 unspecified atom stereocenters. The van der Waals surface area contributed by atoms with Crippen LogP contribution in [0.1, 0.15) is 25.0 Å². The molecule has 0 bridgehead atoms. The van der Waals surface area contributed by atoms with Gasteiger partial charge < -0.3 is 15.4 Å². The largest absolute Gasteiger partial charge is 0.377 e. The Morgan fingerprint density at radius 2 is 2.30 bits per heavy atom. The van der Waals surface area contributed by atoms with Crippen molar-refractivity contribution in [3.63, 3.8) is 0 Å². The van der Waals surface area contributed by atoms with E-state index in [2.05, 4.69) is 10.6 Å². The summed E-state index contributed by atoms with van der Waals surface area (Å²) in [5.41, 5.74) is 1.73. The molecule has 110 valence electrons. The first-order valence-corrected chi connectivity index (χ1v) is 8.12. The zero-order chi connectivity index (χ0) is 14.5. The van der Waals surface area contributed by atoms with Crippen molar-refractivity contribution in [1.29, 1.82) is 0 Å². The fourth-order valence-corrected chi connectivity index (χ4v) is 3.55. The van der Waals surface area contributed by atoms with Crippen LogP contribution in [-0.4, -0.2) is 34.9 Å². The average Bonchev–Trinajstić information content (AvgIpc) is 2.83. The molecule has 1 aliphatic rings. The number of carbonyl (C=O) groups excluding carboxylic acids is 1. The zero-order valence-corrected chi connectivity index (χ0v) is 12.5. The number of ether oxygens (including phenoxy) is 1. The van der Waals surface area contributed by atoms with E-state index in [1.807, 2.05) is 31.2 Å². The summed E-state index contributed by atoms with van der Waals surface area (Å²) >= 11 is 0. The summed E-state index contributed by atoms with van der Waals surface area (Å²) in [7, 11) is 0.865. The molecule has 0 aromatic heterocycles. The van der Waals surface area contributed by atoms with E-state index in [0.717, 1.165) is 17.7 Å². The fraction of sp³-hybridized carbons (Fsp3) is 0.500. The number of rotatable bonds is 4. The van der Waals surface area contributed by atoms with Crippen LogP contribution < -0.4 is 10.6 Å². The van der Waals surface area contributed by atoms with Gasteiger partial charge in [-0.1, -0.05) is 12.1 Å². The number of anilines is 1. The number of nitrogens with one attached hydrogen (secondary N) is 2. The predicted octanol–water partition coefficient (Wildman–Crippen LogP) is 2.04. The number of urea groups is 1. The van der Waals surface area contributed by atoms with Gasteiger partial charge in [0.15, 0.2) is 0 Å². The van der Waals surface area contributed by atoms with Crippen molar-refractivity contribution in [1.82, 2.24) is 5.32 Å². The van der Waals surface area contributed by atoms with Crippen molar-refractivity contribution in [2.24, 2.45) is 0 Å². The number of hydrogen-bond acceptors (Lipinski definition) is 3. The molecule has 2 rings (SSSR count). The van der Waals surface area contributed by atoms with E-state index in [9.17, 15) is 9.00 Å². The molecular formula is C14H20N2O3S. The van der Waals surface area contributed by atoms with Gasteiger partial charge in [-0.25, -0.2) is 4.79 Å². The van der Waals surface area contributed by atoms with Gasteiger partial charge in [-0.3, -0.25) is 4.21 Å². The van der Waals surface area contributed by atoms with Crippen LogP contribution in [0.2, 0.25) is 0 Å². The van der Waals surface area contributed by atoms with Crippen LogP contribution >= 0.6 is 0 Å². The molecule has 0 spiro atoms. The SMILES string of the molecule is COC(C)c1cccc(NC(=O)NC2CCS(=O)C2)c1. The first-order valence-electron chi connectivity index (χ1n) is 6.63. The van der Waals surface area contributed by atoms with E-state index in [-0.39, 0.29) is 18.2 Å². The number of amides is 2. The molecule has 0 radical (unpaired) electrons. The lowest BCUT2D eigenvalue weighted by molar-refractivity contribution is 0.119. The number of benzene rings is 1. The summed E-state index contributed by atoms with van der Waals surface area (Å²) in [5, 5.41) is 5.64. The Balaban J connectivity index is 1.92. The Morgan fingerprint density at radius 3 is 2.95 bits per heavy atom. The summed E-state index contributed by atoms with van der Waals surface area (Å²) in [6, 6.07) is 7.31. The third kappa shape index (κ3) is 4.05. The third-order valence-corrected chi connectivity index (χ3v) is 4.85. The average molecular weight is 296 g/mol. The molecule has 1 fully saturated rings. The van der Waals surface area contributed by atoms with Gasteiger partial charge in [0.25, 0.3) is 0 Å². The Bertz CT molecular complexity index is 507. The normalized spacial score (nSPS) is 23.3. The van der Waals surface area contributed by atoms with Gasteiger partial charge >= 0.3 is 6.03 Å². The van der Waals surface area contributed by atoms with Crippen molar-refractivity contribution < 1.29 is 13.7 Å². The van der Waals surface area contributed by atoms with E-state index in [1.165, 1.54) is 0 Å². The summed E-state index contributed by atoms with van der Waals surface area (Å²) in [5.74, 6) is 1.22. The Hall–Kier alpha value is -1.40. The second-order valence-corrected chi connectivity index (χ2v) is 6.52. The molecular weight excluding hydrogens is 276 g/mol. The highest BCUT2D eigenvalue weighted by molar-refractivity contribution is 7.85. The van der Waals surface area contributed by atoms with E-state index < -0.39 is 10.8 Å².